The molecule has 4 heteroatoms. The van der Waals surface area contributed by atoms with Crippen LogP contribution < -0.4 is 15.1 Å². The predicted molar refractivity (Wildman–Crippen MR) is 127 cm³/mol. The fourth-order valence-corrected chi connectivity index (χ4v) is 4.34. The molecular weight excluding hydrogens is 382 g/mol. The third-order valence-corrected chi connectivity index (χ3v) is 6.24. The van der Waals surface area contributed by atoms with Crippen molar-refractivity contribution in [3.63, 3.8) is 0 Å². The van der Waals surface area contributed by atoms with Gasteiger partial charge in [0, 0.05) is 0 Å². The van der Waals surface area contributed by atoms with Crippen LogP contribution in [-0.4, -0.2) is 45.2 Å². The highest BCUT2D eigenvalue weighted by Gasteiger charge is 2.24. The second-order valence-corrected chi connectivity index (χ2v) is 8.59. The van der Waals surface area contributed by atoms with E-state index in [1.54, 1.807) is 4.90 Å². The molecule has 1 fully saturated rings. The molecule has 4 rings (SSSR count). The number of nitrogens with one attached hydrogen (secondary N) is 3. The van der Waals surface area contributed by atoms with E-state index in [2.05, 4.69) is 91.1 Å². The lowest BCUT2D eigenvalue weighted by molar-refractivity contribution is -1.01. The Labute approximate surface area is 185 Å². The molecule has 3 aromatic rings. The maximum atomic E-state index is 12.6. The van der Waals surface area contributed by atoms with Crippen LogP contribution in [0.2, 0.25) is 0 Å². The Hall–Kier alpha value is -2.95. The van der Waals surface area contributed by atoms with Crippen LogP contribution in [0.15, 0.2) is 78.9 Å². The van der Waals surface area contributed by atoms with Crippen LogP contribution in [0.4, 0.5) is 0 Å². The molecule has 1 amide bonds. The van der Waals surface area contributed by atoms with E-state index >= 15 is 0 Å². The zero-order valence-electron chi connectivity index (χ0n) is 18.3. The number of fused-ring (bicyclic) bond motifs is 1. The summed E-state index contributed by atoms with van der Waals surface area (Å²) >= 11 is 0. The van der Waals surface area contributed by atoms with Crippen molar-refractivity contribution in [3.05, 3.63) is 90.0 Å². The molecule has 0 saturated carbocycles. The molecule has 0 aliphatic carbocycles. The SMILES string of the molecule is C[C@@H](NC(=O)C[NH+]1CC[NH+](C/C=C/c2ccccc2)CC1)c1ccc2ccccc2c1. The lowest BCUT2D eigenvalue weighted by Crippen LogP contribution is -3.28. The van der Waals surface area contributed by atoms with Gasteiger partial charge in [-0.15, -0.1) is 0 Å². The topological polar surface area (TPSA) is 38.0 Å². The monoisotopic (exact) mass is 415 g/mol. The van der Waals surface area contributed by atoms with Crippen LogP contribution in [0.1, 0.15) is 24.1 Å². The first-order valence-corrected chi connectivity index (χ1v) is 11.3. The molecule has 0 radical (unpaired) electrons. The Morgan fingerprint density at radius 1 is 0.903 bits per heavy atom. The number of benzene rings is 3. The number of rotatable bonds is 7. The number of quaternary nitrogens is 2. The van der Waals surface area contributed by atoms with Gasteiger partial charge in [-0.05, 0) is 41.0 Å². The minimum absolute atomic E-state index is 0.0199. The summed E-state index contributed by atoms with van der Waals surface area (Å²) in [5.74, 6) is 0.142. The lowest BCUT2D eigenvalue weighted by atomic mass is 10.0. The summed E-state index contributed by atoms with van der Waals surface area (Å²) in [5, 5.41) is 5.64. The van der Waals surface area contributed by atoms with E-state index < -0.39 is 0 Å². The molecule has 0 spiro atoms. The van der Waals surface area contributed by atoms with E-state index in [1.165, 1.54) is 21.2 Å². The highest BCUT2D eigenvalue weighted by Crippen LogP contribution is 2.20. The molecule has 1 heterocycles. The third-order valence-electron chi connectivity index (χ3n) is 6.24. The normalized spacial score (nSPS) is 20.0. The Morgan fingerprint density at radius 2 is 1.58 bits per heavy atom. The first-order chi connectivity index (χ1) is 15.2. The van der Waals surface area contributed by atoms with E-state index in [1.807, 2.05) is 6.07 Å². The van der Waals surface area contributed by atoms with Crippen molar-refractivity contribution >= 4 is 22.8 Å². The van der Waals surface area contributed by atoms with Crippen molar-refractivity contribution in [2.45, 2.75) is 13.0 Å². The van der Waals surface area contributed by atoms with Crippen molar-refractivity contribution < 1.29 is 14.6 Å². The molecule has 0 bridgehead atoms. The van der Waals surface area contributed by atoms with Gasteiger partial charge in [0.05, 0.1) is 12.6 Å². The number of carbonyl (C=O) groups is 1. The number of amides is 1. The molecular formula is C27H33N3O+2. The standard InChI is InChI=1S/C27H31N3O/c1-22(25-14-13-24-11-5-6-12-26(24)20-25)28-27(31)21-30-18-16-29(17-19-30)15-7-10-23-8-3-2-4-9-23/h2-14,20,22H,15-19,21H2,1H3,(H,28,31)/p+2/b10-7+/t22-/m1/s1. The predicted octanol–water partition coefficient (Wildman–Crippen LogP) is 1.51. The fourth-order valence-electron chi connectivity index (χ4n) is 4.34. The second-order valence-electron chi connectivity index (χ2n) is 8.59. The molecule has 31 heavy (non-hydrogen) atoms. The number of piperazine rings is 1. The fraction of sp³-hybridized carbons (Fsp3) is 0.296. The second kappa shape index (κ2) is 10.4. The summed E-state index contributed by atoms with van der Waals surface area (Å²) in [6.45, 7) is 8.00. The quantitative estimate of drug-likeness (QED) is 0.538. The molecule has 3 N–H and O–H groups in total. The van der Waals surface area contributed by atoms with Gasteiger partial charge in [-0.25, -0.2) is 0 Å². The zero-order valence-corrected chi connectivity index (χ0v) is 18.3. The van der Waals surface area contributed by atoms with E-state index in [9.17, 15) is 4.79 Å². The van der Waals surface area contributed by atoms with Gasteiger partial charge >= 0.3 is 0 Å². The van der Waals surface area contributed by atoms with Gasteiger partial charge in [0.2, 0.25) is 0 Å². The van der Waals surface area contributed by atoms with Gasteiger partial charge in [0.25, 0.3) is 5.91 Å². The minimum atomic E-state index is 0.0199. The lowest BCUT2D eigenvalue weighted by Gasteiger charge is -2.29. The first kappa shape index (κ1) is 21.3. The molecule has 3 aromatic carbocycles. The molecule has 0 unspecified atom stereocenters. The Bertz CT molecular complexity index is 1020. The van der Waals surface area contributed by atoms with Crippen molar-refractivity contribution in [2.24, 2.45) is 0 Å². The number of hydrogen-bond acceptors (Lipinski definition) is 1. The van der Waals surface area contributed by atoms with E-state index in [4.69, 9.17) is 0 Å². The summed E-state index contributed by atoms with van der Waals surface area (Å²) in [6, 6.07) is 25.2. The maximum Gasteiger partial charge on any atom is 0.275 e. The highest BCUT2D eigenvalue weighted by atomic mass is 16.2. The summed E-state index contributed by atoms with van der Waals surface area (Å²) in [6.07, 6.45) is 4.47. The van der Waals surface area contributed by atoms with E-state index in [-0.39, 0.29) is 11.9 Å². The summed E-state index contributed by atoms with van der Waals surface area (Å²) < 4.78 is 0. The summed E-state index contributed by atoms with van der Waals surface area (Å²) in [4.78, 5) is 15.6. The van der Waals surface area contributed by atoms with Gasteiger partial charge < -0.3 is 15.1 Å². The number of carbonyl (C=O) groups excluding carboxylic acids is 1. The van der Waals surface area contributed by atoms with Crippen LogP contribution in [0, 0.1) is 0 Å². The van der Waals surface area contributed by atoms with Gasteiger partial charge in [-0.2, -0.15) is 0 Å². The van der Waals surface area contributed by atoms with Crippen molar-refractivity contribution in [1.29, 1.82) is 0 Å². The molecule has 1 atom stereocenters. The van der Waals surface area contributed by atoms with Crippen LogP contribution >= 0.6 is 0 Å². The largest absolute Gasteiger partial charge is 0.345 e. The molecule has 1 saturated heterocycles. The van der Waals surface area contributed by atoms with Crippen molar-refractivity contribution in [3.8, 4) is 0 Å². The molecule has 160 valence electrons. The highest BCUT2D eigenvalue weighted by molar-refractivity contribution is 5.83. The minimum Gasteiger partial charge on any atom is -0.345 e. The molecule has 4 nitrogen and oxygen atoms in total. The van der Waals surface area contributed by atoms with Crippen LogP contribution in [-0.2, 0) is 4.79 Å². The van der Waals surface area contributed by atoms with Crippen molar-refractivity contribution in [1.82, 2.24) is 5.32 Å². The maximum absolute atomic E-state index is 12.6. The Kier molecular flexibility index (Phi) is 7.13. The van der Waals surface area contributed by atoms with E-state index in [0.717, 1.165) is 38.3 Å². The van der Waals surface area contributed by atoms with Crippen LogP contribution in [0.5, 0.6) is 0 Å². The Morgan fingerprint density at radius 3 is 2.35 bits per heavy atom. The molecule has 1 aliphatic rings. The smallest absolute Gasteiger partial charge is 0.275 e. The van der Waals surface area contributed by atoms with Gasteiger partial charge in [-0.1, -0.05) is 72.8 Å². The first-order valence-electron chi connectivity index (χ1n) is 11.3. The third kappa shape index (κ3) is 6.03. The van der Waals surface area contributed by atoms with Crippen LogP contribution in [0.3, 0.4) is 0 Å². The Balaban J connectivity index is 1.21. The summed E-state index contributed by atoms with van der Waals surface area (Å²) in [5.41, 5.74) is 2.41. The van der Waals surface area contributed by atoms with Gasteiger partial charge in [0.1, 0.15) is 26.2 Å². The average molecular weight is 416 g/mol. The summed E-state index contributed by atoms with van der Waals surface area (Å²) in [7, 11) is 0. The zero-order chi connectivity index (χ0) is 21.5. The average Bonchev–Trinajstić information content (AvgIpc) is 2.80. The number of hydrogen-bond donors (Lipinski definition) is 3. The van der Waals surface area contributed by atoms with E-state index in [0.29, 0.717) is 6.54 Å². The van der Waals surface area contributed by atoms with Crippen LogP contribution in [0.25, 0.3) is 16.8 Å². The van der Waals surface area contributed by atoms with Gasteiger partial charge in [0.15, 0.2) is 6.54 Å². The van der Waals surface area contributed by atoms with Gasteiger partial charge in [-0.3, -0.25) is 4.79 Å². The van der Waals surface area contributed by atoms with Crippen molar-refractivity contribution in [2.75, 3.05) is 39.3 Å². The molecule has 1 aliphatic heterocycles. The molecule has 0 aromatic heterocycles.